The normalized spacial score (nSPS) is 31.8. The number of carboxylic acids is 1. The molecule has 2 atom stereocenters. The number of carboxylic acid groups (broad SMARTS) is 1. The number of aliphatic carboxylic acids is 1. The van der Waals surface area contributed by atoms with Crippen LogP contribution in [0.2, 0.25) is 0 Å². The van der Waals surface area contributed by atoms with Gasteiger partial charge in [-0.15, -0.1) is 0 Å². The summed E-state index contributed by atoms with van der Waals surface area (Å²) in [6.45, 7) is 0.0951. The Hall–Kier alpha value is -0.670. The van der Waals surface area contributed by atoms with Crippen LogP contribution in [0.3, 0.4) is 0 Å². The van der Waals surface area contributed by atoms with Crippen molar-refractivity contribution in [1.82, 2.24) is 4.31 Å². The van der Waals surface area contributed by atoms with Gasteiger partial charge in [-0.3, -0.25) is 4.79 Å². The first-order valence-electron chi connectivity index (χ1n) is 6.66. The fourth-order valence-corrected chi connectivity index (χ4v) is 6.56. The second-order valence-electron chi connectivity index (χ2n) is 5.36. The molecule has 2 aliphatic rings. The van der Waals surface area contributed by atoms with Crippen molar-refractivity contribution in [2.75, 3.05) is 24.6 Å². The van der Waals surface area contributed by atoms with E-state index in [4.69, 9.17) is 5.11 Å². The molecule has 0 aromatic carbocycles. The van der Waals surface area contributed by atoms with Crippen LogP contribution in [-0.2, 0) is 24.7 Å². The first-order chi connectivity index (χ1) is 9.24. The van der Waals surface area contributed by atoms with E-state index in [1.54, 1.807) is 0 Å². The van der Waals surface area contributed by atoms with Crippen LogP contribution < -0.4 is 0 Å². The van der Waals surface area contributed by atoms with Gasteiger partial charge in [-0.25, -0.2) is 21.1 Å². The molecule has 1 aliphatic carbocycles. The number of hydrogen-bond donors (Lipinski definition) is 1. The number of nitrogens with zero attached hydrogens (tertiary/aromatic N) is 1. The van der Waals surface area contributed by atoms with Gasteiger partial charge in [-0.1, -0.05) is 6.42 Å². The van der Waals surface area contributed by atoms with Crippen molar-refractivity contribution in [2.45, 2.75) is 30.9 Å². The van der Waals surface area contributed by atoms with Crippen LogP contribution in [0.25, 0.3) is 0 Å². The number of sulfone groups is 1. The fraction of sp³-hybridized carbons (Fsp3) is 0.909. The van der Waals surface area contributed by atoms with Crippen LogP contribution in [0, 0.1) is 5.92 Å². The Morgan fingerprint density at radius 1 is 1.10 bits per heavy atom. The molecule has 0 radical (unpaired) electrons. The maximum atomic E-state index is 12.5. The van der Waals surface area contributed by atoms with E-state index in [-0.39, 0.29) is 31.0 Å². The van der Waals surface area contributed by atoms with E-state index in [0.717, 1.165) is 0 Å². The number of sulfonamides is 1. The average molecular weight is 325 g/mol. The Morgan fingerprint density at radius 2 is 1.80 bits per heavy atom. The molecular formula is C11H19NO6S2. The molecule has 7 nitrogen and oxygen atoms in total. The van der Waals surface area contributed by atoms with E-state index in [1.807, 2.05) is 0 Å². The highest BCUT2D eigenvalue weighted by Gasteiger charge is 2.44. The van der Waals surface area contributed by atoms with E-state index in [1.165, 1.54) is 4.31 Å². The van der Waals surface area contributed by atoms with Gasteiger partial charge in [0.1, 0.15) is 0 Å². The molecular weight excluding hydrogens is 306 g/mol. The molecule has 0 bridgehead atoms. The molecule has 0 spiro atoms. The summed E-state index contributed by atoms with van der Waals surface area (Å²) in [5, 5.41) is 8.19. The minimum atomic E-state index is -3.74. The van der Waals surface area contributed by atoms with Crippen LogP contribution in [0.1, 0.15) is 25.7 Å². The van der Waals surface area contributed by atoms with E-state index < -0.39 is 37.0 Å². The lowest BCUT2D eigenvalue weighted by atomic mass is 10.1. The monoisotopic (exact) mass is 325 g/mol. The molecule has 1 saturated heterocycles. The first-order valence-corrected chi connectivity index (χ1v) is 9.99. The molecule has 2 unspecified atom stereocenters. The molecule has 0 aromatic rings. The van der Waals surface area contributed by atoms with Crippen molar-refractivity contribution in [3.05, 3.63) is 0 Å². The summed E-state index contributed by atoms with van der Waals surface area (Å²) in [6.07, 6.45) is 1.55. The van der Waals surface area contributed by atoms with Crippen molar-refractivity contribution >= 4 is 25.8 Å². The summed E-state index contributed by atoms with van der Waals surface area (Å²) in [5.74, 6) is -2.15. The molecule has 0 aromatic heterocycles. The van der Waals surface area contributed by atoms with Crippen molar-refractivity contribution in [2.24, 2.45) is 5.92 Å². The first kappa shape index (κ1) is 15.7. The van der Waals surface area contributed by atoms with Crippen LogP contribution in [0.4, 0.5) is 0 Å². The molecule has 20 heavy (non-hydrogen) atoms. The smallest absolute Gasteiger partial charge is 0.307 e. The second kappa shape index (κ2) is 5.61. The van der Waals surface area contributed by atoms with Gasteiger partial charge < -0.3 is 5.11 Å². The largest absolute Gasteiger partial charge is 0.481 e. The van der Waals surface area contributed by atoms with E-state index in [2.05, 4.69) is 0 Å². The standard InChI is InChI=1S/C11H19NO6S2/c13-11(14)9-3-1-4-10(9)20(17,18)12-5-2-7-19(15,16)8-6-12/h9-10H,1-8H2,(H,13,14). The predicted molar refractivity (Wildman–Crippen MR) is 72.5 cm³/mol. The maximum Gasteiger partial charge on any atom is 0.307 e. The minimum absolute atomic E-state index is 0.00789. The quantitative estimate of drug-likeness (QED) is 0.762. The fourth-order valence-electron chi connectivity index (χ4n) is 2.93. The summed E-state index contributed by atoms with van der Waals surface area (Å²) in [6, 6.07) is 0. The van der Waals surface area contributed by atoms with Crippen LogP contribution in [-0.4, -0.2) is 62.1 Å². The second-order valence-corrected chi connectivity index (χ2v) is 9.82. The Labute approximate surface area is 118 Å². The number of carbonyl (C=O) groups is 1. The molecule has 116 valence electrons. The minimum Gasteiger partial charge on any atom is -0.481 e. The lowest BCUT2D eigenvalue weighted by Crippen LogP contribution is -2.43. The van der Waals surface area contributed by atoms with Crippen LogP contribution in [0.15, 0.2) is 0 Å². The van der Waals surface area contributed by atoms with Crippen molar-refractivity contribution in [3.8, 4) is 0 Å². The predicted octanol–water partition coefficient (Wildman–Crippen LogP) is -0.310. The van der Waals surface area contributed by atoms with Crippen molar-refractivity contribution in [3.63, 3.8) is 0 Å². The highest BCUT2D eigenvalue weighted by atomic mass is 32.2. The average Bonchev–Trinajstić information content (AvgIpc) is 2.76. The third-order valence-electron chi connectivity index (χ3n) is 4.03. The van der Waals surface area contributed by atoms with E-state index >= 15 is 0 Å². The Bertz CT molecular complexity index is 582. The molecule has 1 N–H and O–H groups in total. The molecule has 2 fully saturated rings. The van der Waals surface area contributed by atoms with E-state index in [9.17, 15) is 21.6 Å². The molecule has 0 amide bonds. The van der Waals surface area contributed by atoms with Crippen molar-refractivity contribution in [1.29, 1.82) is 0 Å². The highest BCUT2D eigenvalue weighted by Crippen LogP contribution is 2.33. The molecule has 2 rings (SSSR count). The summed E-state index contributed by atoms with van der Waals surface area (Å²) >= 11 is 0. The molecule has 1 saturated carbocycles. The third kappa shape index (κ3) is 3.15. The number of hydrogen-bond acceptors (Lipinski definition) is 5. The molecule has 1 aliphatic heterocycles. The van der Waals surface area contributed by atoms with Gasteiger partial charge in [0.05, 0.1) is 22.7 Å². The zero-order valence-corrected chi connectivity index (χ0v) is 12.7. The summed E-state index contributed by atoms with van der Waals surface area (Å²) in [5.41, 5.74) is 0. The molecule has 9 heteroatoms. The lowest BCUT2D eigenvalue weighted by Gasteiger charge is -2.25. The van der Waals surface area contributed by atoms with Gasteiger partial charge in [0, 0.05) is 13.1 Å². The van der Waals surface area contributed by atoms with Crippen LogP contribution >= 0.6 is 0 Å². The number of rotatable bonds is 3. The third-order valence-corrected chi connectivity index (χ3v) is 8.16. The summed E-state index contributed by atoms with van der Waals surface area (Å²) < 4.78 is 49.3. The SMILES string of the molecule is O=C(O)C1CCCC1S(=O)(=O)N1CCCS(=O)(=O)CC1. The lowest BCUT2D eigenvalue weighted by molar-refractivity contribution is -0.141. The zero-order valence-electron chi connectivity index (χ0n) is 11.1. The van der Waals surface area contributed by atoms with Crippen LogP contribution in [0.5, 0.6) is 0 Å². The Balaban J connectivity index is 2.20. The van der Waals surface area contributed by atoms with Gasteiger partial charge in [0.15, 0.2) is 9.84 Å². The van der Waals surface area contributed by atoms with Crippen molar-refractivity contribution < 1.29 is 26.7 Å². The highest BCUT2D eigenvalue weighted by molar-refractivity contribution is 7.91. The Kier molecular flexibility index (Phi) is 4.41. The van der Waals surface area contributed by atoms with E-state index in [0.29, 0.717) is 19.3 Å². The zero-order chi connectivity index (χ0) is 15.0. The summed E-state index contributed by atoms with van der Waals surface area (Å²) in [4.78, 5) is 11.1. The van der Waals surface area contributed by atoms with Gasteiger partial charge >= 0.3 is 5.97 Å². The van der Waals surface area contributed by atoms with Gasteiger partial charge in [0.2, 0.25) is 10.0 Å². The Morgan fingerprint density at radius 3 is 2.45 bits per heavy atom. The summed E-state index contributed by atoms with van der Waals surface area (Å²) in [7, 11) is -6.93. The molecule has 1 heterocycles. The van der Waals surface area contributed by atoms with Gasteiger partial charge in [0.25, 0.3) is 0 Å². The topological polar surface area (TPSA) is 109 Å². The van der Waals surface area contributed by atoms with Gasteiger partial charge in [-0.05, 0) is 19.3 Å². The maximum absolute atomic E-state index is 12.5. The van der Waals surface area contributed by atoms with Gasteiger partial charge in [-0.2, -0.15) is 0 Å².